The number of benzene rings is 2. The van der Waals surface area contributed by atoms with Crippen LogP contribution >= 0.6 is 0 Å². The van der Waals surface area contributed by atoms with Gasteiger partial charge in [0.25, 0.3) is 0 Å². The molecule has 18 heavy (non-hydrogen) atoms. The average Bonchev–Trinajstić information content (AvgIpc) is 2.39. The van der Waals surface area contributed by atoms with Crippen LogP contribution in [0, 0.1) is 6.92 Å². The van der Waals surface area contributed by atoms with Crippen LogP contribution in [-0.4, -0.2) is 18.5 Å². The molecule has 0 aliphatic rings. The molecule has 0 spiro atoms. The highest BCUT2D eigenvalue weighted by Crippen LogP contribution is 2.09. The summed E-state index contributed by atoms with van der Waals surface area (Å²) in [6.45, 7) is 4.30. The molecule has 0 aliphatic heterocycles. The summed E-state index contributed by atoms with van der Waals surface area (Å²) in [6.07, 6.45) is 1.12. The van der Waals surface area contributed by atoms with Crippen LogP contribution in [0.2, 0.25) is 0 Å². The van der Waals surface area contributed by atoms with Crippen LogP contribution in [0.15, 0.2) is 54.6 Å². The minimum Gasteiger partial charge on any atom is -0.302 e. The lowest BCUT2D eigenvalue weighted by Gasteiger charge is -2.17. The molecule has 2 rings (SSSR count). The molecule has 0 heterocycles. The number of hydrogen-bond acceptors (Lipinski definition) is 1. The van der Waals surface area contributed by atoms with E-state index in [-0.39, 0.29) is 0 Å². The number of hydrogen-bond donors (Lipinski definition) is 0. The van der Waals surface area contributed by atoms with E-state index in [4.69, 9.17) is 0 Å². The average molecular weight is 239 g/mol. The van der Waals surface area contributed by atoms with Gasteiger partial charge in [-0.2, -0.15) is 0 Å². The van der Waals surface area contributed by atoms with Crippen molar-refractivity contribution in [2.75, 3.05) is 13.6 Å². The monoisotopic (exact) mass is 239 g/mol. The van der Waals surface area contributed by atoms with Crippen molar-refractivity contribution >= 4 is 0 Å². The largest absolute Gasteiger partial charge is 0.302 e. The molecule has 0 bridgehead atoms. The number of rotatable bonds is 5. The molecule has 2 aromatic carbocycles. The summed E-state index contributed by atoms with van der Waals surface area (Å²) in [6, 6.07) is 19.3. The lowest BCUT2D eigenvalue weighted by atomic mass is 10.1. The molecule has 0 amide bonds. The van der Waals surface area contributed by atoms with E-state index in [9.17, 15) is 0 Å². The van der Waals surface area contributed by atoms with Crippen LogP contribution < -0.4 is 0 Å². The molecule has 0 saturated carbocycles. The zero-order chi connectivity index (χ0) is 12.8. The Morgan fingerprint density at radius 2 is 1.56 bits per heavy atom. The molecule has 1 heteroatoms. The number of aryl methyl sites for hydroxylation is 1. The summed E-state index contributed by atoms with van der Waals surface area (Å²) in [5.41, 5.74) is 4.23. The van der Waals surface area contributed by atoms with E-state index in [1.807, 2.05) is 0 Å². The predicted molar refractivity (Wildman–Crippen MR) is 77.7 cm³/mol. The second kappa shape index (κ2) is 6.36. The van der Waals surface area contributed by atoms with Gasteiger partial charge in [-0.25, -0.2) is 0 Å². The molecule has 0 aliphatic carbocycles. The Morgan fingerprint density at radius 1 is 0.889 bits per heavy atom. The third kappa shape index (κ3) is 3.71. The molecule has 2 aromatic rings. The van der Waals surface area contributed by atoms with E-state index in [1.165, 1.54) is 16.7 Å². The summed E-state index contributed by atoms with van der Waals surface area (Å²) in [4.78, 5) is 2.38. The number of likely N-dealkylation sites (N-methyl/N-ethyl adjacent to an activating group) is 1. The maximum absolute atomic E-state index is 2.38. The zero-order valence-corrected chi connectivity index (χ0v) is 11.3. The van der Waals surface area contributed by atoms with Crippen molar-refractivity contribution in [1.82, 2.24) is 4.90 Å². The third-order valence-corrected chi connectivity index (χ3v) is 3.32. The van der Waals surface area contributed by atoms with Crippen LogP contribution in [-0.2, 0) is 13.0 Å². The Hall–Kier alpha value is -1.60. The molecule has 0 N–H and O–H groups in total. The molecule has 1 nitrogen and oxygen atoms in total. The molecular weight excluding hydrogens is 218 g/mol. The Balaban J connectivity index is 1.86. The van der Waals surface area contributed by atoms with Gasteiger partial charge in [-0.15, -0.1) is 0 Å². The fraction of sp³-hybridized carbons (Fsp3) is 0.294. The van der Waals surface area contributed by atoms with E-state index in [0.717, 1.165) is 19.5 Å². The van der Waals surface area contributed by atoms with Gasteiger partial charge in [0.1, 0.15) is 0 Å². The first-order chi connectivity index (χ1) is 8.75. The summed E-state index contributed by atoms with van der Waals surface area (Å²) < 4.78 is 0. The smallest absolute Gasteiger partial charge is 0.0230 e. The van der Waals surface area contributed by atoms with Gasteiger partial charge in [-0.05, 0) is 37.1 Å². The van der Waals surface area contributed by atoms with Crippen molar-refractivity contribution in [2.45, 2.75) is 19.9 Å². The van der Waals surface area contributed by atoms with E-state index < -0.39 is 0 Å². The Labute approximate surface area is 110 Å². The van der Waals surface area contributed by atoms with Crippen molar-refractivity contribution in [2.24, 2.45) is 0 Å². The molecule has 0 atom stereocenters. The summed E-state index contributed by atoms with van der Waals surface area (Å²) in [5.74, 6) is 0. The van der Waals surface area contributed by atoms with Gasteiger partial charge in [0.2, 0.25) is 0 Å². The zero-order valence-electron chi connectivity index (χ0n) is 11.3. The second-order valence-corrected chi connectivity index (χ2v) is 4.90. The Bertz CT molecular complexity index is 476. The van der Waals surface area contributed by atoms with Gasteiger partial charge in [0, 0.05) is 13.1 Å². The van der Waals surface area contributed by atoms with Crippen molar-refractivity contribution in [1.29, 1.82) is 0 Å². The molecule has 0 radical (unpaired) electrons. The lowest BCUT2D eigenvalue weighted by molar-refractivity contribution is 0.331. The fourth-order valence-corrected chi connectivity index (χ4v) is 2.18. The van der Waals surface area contributed by atoms with E-state index in [0.29, 0.717) is 0 Å². The summed E-state index contributed by atoms with van der Waals surface area (Å²) in [5, 5.41) is 0. The normalized spacial score (nSPS) is 10.8. The molecule has 0 aromatic heterocycles. The van der Waals surface area contributed by atoms with Crippen LogP contribution in [0.3, 0.4) is 0 Å². The maximum Gasteiger partial charge on any atom is 0.0230 e. The second-order valence-electron chi connectivity index (χ2n) is 4.90. The first-order valence-corrected chi connectivity index (χ1v) is 6.52. The van der Waals surface area contributed by atoms with E-state index in [2.05, 4.69) is 73.5 Å². The van der Waals surface area contributed by atoms with Crippen molar-refractivity contribution in [3.05, 3.63) is 71.3 Å². The van der Waals surface area contributed by atoms with Gasteiger partial charge >= 0.3 is 0 Å². The standard InChI is InChI=1S/C17H21N/c1-15-8-6-7-11-17(15)12-13-18(2)14-16-9-4-3-5-10-16/h3-11H,12-14H2,1-2H3. The van der Waals surface area contributed by atoms with Crippen LogP contribution in [0.5, 0.6) is 0 Å². The van der Waals surface area contributed by atoms with E-state index in [1.54, 1.807) is 0 Å². The van der Waals surface area contributed by atoms with E-state index >= 15 is 0 Å². The number of nitrogens with zero attached hydrogens (tertiary/aromatic N) is 1. The minimum atomic E-state index is 1.02. The van der Waals surface area contributed by atoms with Crippen LogP contribution in [0.4, 0.5) is 0 Å². The highest BCUT2D eigenvalue weighted by Gasteiger charge is 2.02. The fourth-order valence-electron chi connectivity index (χ4n) is 2.18. The topological polar surface area (TPSA) is 3.24 Å². The Kier molecular flexibility index (Phi) is 4.54. The maximum atomic E-state index is 2.38. The van der Waals surface area contributed by atoms with Crippen LogP contribution in [0.1, 0.15) is 16.7 Å². The molecule has 0 unspecified atom stereocenters. The van der Waals surface area contributed by atoms with Crippen molar-refractivity contribution < 1.29 is 0 Å². The van der Waals surface area contributed by atoms with Gasteiger partial charge in [0.15, 0.2) is 0 Å². The Morgan fingerprint density at radius 3 is 2.28 bits per heavy atom. The quantitative estimate of drug-likeness (QED) is 0.769. The predicted octanol–water partition coefficient (Wildman–Crippen LogP) is 3.67. The summed E-state index contributed by atoms with van der Waals surface area (Å²) >= 11 is 0. The third-order valence-electron chi connectivity index (χ3n) is 3.32. The first-order valence-electron chi connectivity index (χ1n) is 6.52. The van der Waals surface area contributed by atoms with Gasteiger partial charge in [-0.3, -0.25) is 0 Å². The van der Waals surface area contributed by atoms with Crippen molar-refractivity contribution in [3.8, 4) is 0 Å². The van der Waals surface area contributed by atoms with Crippen LogP contribution in [0.25, 0.3) is 0 Å². The van der Waals surface area contributed by atoms with Gasteiger partial charge in [-0.1, -0.05) is 54.6 Å². The summed E-state index contributed by atoms with van der Waals surface area (Å²) in [7, 11) is 2.19. The van der Waals surface area contributed by atoms with Crippen molar-refractivity contribution in [3.63, 3.8) is 0 Å². The minimum absolute atomic E-state index is 1.02. The van der Waals surface area contributed by atoms with Gasteiger partial charge < -0.3 is 4.90 Å². The molecule has 0 fully saturated rings. The first kappa shape index (κ1) is 12.8. The van der Waals surface area contributed by atoms with Gasteiger partial charge in [0.05, 0.1) is 0 Å². The molecule has 0 saturated heterocycles. The molecule has 94 valence electrons. The lowest BCUT2D eigenvalue weighted by Crippen LogP contribution is -2.20. The SMILES string of the molecule is Cc1ccccc1CCN(C)Cc1ccccc1. The molecular formula is C17H21N. The highest BCUT2D eigenvalue weighted by atomic mass is 15.1. The highest BCUT2D eigenvalue weighted by molar-refractivity contribution is 5.25.